The molecular formula is C20H27N3OS. The molecule has 1 aromatic heterocycles. The number of ether oxygens (including phenoxy) is 1. The third-order valence-electron chi connectivity index (χ3n) is 4.25. The van der Waals surface area contributed by atoms with E-state index in [1.807, 2.05) is 12.1 Å². The summed E-state index contributed by atoms with van der Waals surface area (Å²) in [6.07, 6.45) is 6.48. The second-order valence-corrected chi connectivity index (χ2v) is 8.01. The minimum atomic E-state index is 0.546. The summed E-state index contributed by atoms with van der Waals surface area (Å²) in [6.45, 7) is 8.16. The van der Waals surface area contributed by atoms with E-state index in [1.54, 1.807) is 11.3 Å². The molecule has 0 fully saturated rings. The molecule has 2 N–H and O–H groups in total. The van der Waals surface area contributed by atoms with Crippen LogP contribution in [0.15, 0.2) is 30.3 Å². The Bertz CT molecular complexity index is 681. The first-order valence-electron chi connectivity index (χ1n) is 8.96. The lowest BCUT2D eigenvalue weighted by molar-refractivity contribution is 0.271. The fourth-order valence-corrected chi connectivity index (χ4v) is 3.76. The molecule has 2 aromatic rings. The van der Waals surface area contributed by atoms with E-state index in [0.717, 1.165) is 44.8 Å². The molecule has 0 saturated carbocycles. The van der Waals surface area contributed by atoms with Crippen molar-refractivity contribution in [1.29, 1.82) is 0 Å². The molecule has 0 atom stereocenters. The molecule has 0 aliphatic carbocycles. The van der Waals surface area contributed by atoms with Gasteiger partial charge in [0.05, 0.1) is 12.3 Å². The fourth-order valence-electron chi connectivity index (χ4n) is 2.89. The van der Waals surface area contributed by atoms with Crippen LogP contribution in [0.1, 0.15) is 30.0 Å². The highest BCUT2D eigenvalue weighted by Gasteiger charge is 2.16. The number of nitrogens with two attached hydrogens (primary N) is 1. The Kier molecular flexibility index (Phi) is 6.10. The van der Waals surface area contributed by atoms with Gasteiger partial charge in [-0.15, -0.1) is 11.3 Å². The van der Waals surface area contributed by atoms with Gasteiger partial charge in [0.25, 0.3) is 0 Å². The largest absolute Gasteiger partial charge is 0.493 e. The summed E-state index contributed by atoms with van der Waals surface area (Å²) >= 11 is 1.64. The molecular weight excluding hydrogens is 330 g/mol. The van der Waals surface area contributed by atoms with E-state index in [4.69, 9.17) is 10.5 Å². The normalized spacial score (nSPS) is 15.5. The average molecular weight is 358 g/mol. The molecule has 134 valence electrons. The second-order valence-electron chi connectivity index (χ2n) is 6.90. The summed E-state index contributed by atoms with van der Waals surface area (Å²) in [5, 5.41) is 0.708. The van der Waals surface area contributed by atoms with Crippen LogP contribution in [0.4, 0.5) is 5.13 Å². The first-order valence-corrected chi connectivity index (χ1v) is 9.77. The zero-order valence-electron chi connectivity index (χ0n) is 15.1. The van der Waals surface area contributed by atoms with Crippen molar-refractivity contribution in [2.45, 2.75) is 26.7 Å². The quantitative estimate of drug-likeness (QED) is 0.852. The molecule has 0 amide bonds. The number of thiazole rings is 1. The highest BCUT2D eigenvalue weighted by Crippen LogP contribution is 2.24. The molecule has 0 bridgehead atoms. The third kappa shape index (κ3) is 5.31. The molecule has 4 nitrogen and oxygen atoms in total. The van der Waals surface area contributed by atoms with Crippen molar-refractivity contribution in [3.8, 4) is 5.75 Å². The summed E-state index contributed by atoms with van der Waals surface area (Å²) in [7, 11) is 0. The number of rotatable bonds is 6. The molecule has 3 rings (SSSR count). The zero-order chi connectivity index (χ0) is 17.6. The van der Waals surface area contributed by atoms with Gasteiger partial charge in [0.1, 0.15) is 5.75 Å². The second kappa shape index (κ2) is 8.50. The lowest BCUT2D eigenvalue weighted by atomic mass is 10.2. The van der Waals surface area contributed by atoms with Gasteiger partial charge in [0, 0.05) is 30.9 Å². The number of nitrogen functional groups attached to an aromatic ring is 1. The summed E-state index contributed by atoms with van der Waals surface area (Å²) in [4.78, 5) is 8.28. The van der Waals surface area contributed by atoms with E-state index in [-0.39, 0.29) is 0 Å². The van der Waals surface area contributed by atoms with Crippen molar-refractivity contribution >= 4 is 22.5 Å². The van der Waals surface area contributed by atoms with Crippen LogP contribution in [0, 0.1) is 5.92 Å². The standard InChI is InChI=1S/C20H27N3OS/c1-15(2)14-24-17-7-5-16(6-8-17)4-3-11-23-12-9-18-19(10-13-23)25-20(21)22-18/h3-8,15H,9-14H2,1-2H3,(H2,21,22). The van der Waals surface area contributed by atoms with Gasteiger partial charge >= 0.3 is 0 Å². The number of nitrogens with zero attached hydrogens (tertiary/aromatic N) is 2. The Morgan fingerprint density at radius 1 is 1.24 bits per heavy atom. The van der Waals surface area contributed by atoms with Gasteiger partial charge in [0.15, 0.2) is 5.13 Å². The van der Waals surface area contributed by atoms with Gasteiger partial charge in [-0.3, -0.25) is 4.90 Å². The Morgan fingerprint density at radius 3 is 2.76 bits per heavy atom. The van der Waals surface area contributed by atoms with E-state index >= 15 is 0 Å². The van der Waals surface area contributed by atoms with Crippen molar-refractivity contribution in [1.82, 2.24) is 9.88 Å². The van der Waals surface area contributed by atoms with Gasteiger partial charge in [-0.2, -0.15) is 0 Å². The predicted octanol–water partition coefficient (Wildman–Crippen LogP) is 3.87. The molecule has 5 heteroatoms. The van der Waals surface area contributed by atoms with E-state index in [1.165, 1.54) is 16.1 Å². The number of benzene rings is 1. The molecule has 1 aliphatic heterocycles. The zero-order valence-corrected chi connectivity index (χ0v) is 15.9. The number of aromatic nitrogens is 1. The fraction of sp³-hybridized carbons (Fsp3) is 0.450. The minimum Gasteiger partial charge on any atom is -0.493 e. The number of anilines is 1. The van der Waals surface area contributed by atoms with Crippen LogP contribution >= 0.6 is 11.3 Å². The smallest absolute Gasteiger partial charge is 0.180 e. The number of hydrogen-bond donors (Lipinski definition) is 1. The molecule has 0 spiro atoms. The summed E-state index contributed by atoms with van der Waals surface area (Å²) in [6, 6.07) is 8.31. The van der Waals surface area contributed by atoms with Gasteiger partial charge in [-0.25, -0.2) is 4.98 Å². The van der Waals surface area contributed by atoms with Crippen LogP contribution in [0.25, 0.3) is 6.08 Å². The van der Waals surface area contributed by atoms with E-state index < -0.39 is 0 Å². The van der Waals surface area contributed by atoms with Gasteiger partial charge in [0.2, 0.25) is 0 Å². The van der Waals surface area contributed by atoms with Crippen LogP contribution in [0.2, 0.25) is 0 Å². The Balaban J connectivity index is 1.47. The molecule has 1 aromatic carbocycles. The SMILES string of the molecule is CC(C)COc1ccc(C=CCN2CCc3nc(N)sc3CC2)cc1. The van der Waals surface area contributed by atoms with Gasteiger partial charge in [-0.1, -0.05) is 38.1 Å². The van der Waals surface area contributed by atoms with Crippen LogP contribution in [0.5, 0.6) is 5.75 Å². The maximum absolute atomic E-state index is 5.81. The highest BCUT2D eigenvalue weighted by atomic mass is 32.1. The van der Waals surface area contributed by atoms with Crippen LogP contribution in [-0.4, -0.2) is 36.1 Å². The summed E-state index contributed by atoms with van der Waals surface area (Å²) in [5.41, 5.74) is 8.22. The Labute approximate surface area is 154 Å². The molecule has 1 aliphatic rings. The Hall–Kier alpha value is -1.85. The van der Waals surface area contributed by atoms with Crippen molar-refractivity contribution in [3.05, 3.63) is 46.5 Å². The summed E-state index contributed by atoms with van der Waals surface area (Å²) in [5.74, 6) is 1.49. The molecule has 0 unspecified atom stereocenters. The monoisotopic (exact) mass is 357 g/mol. The lowest BCUT2D eigenvalue weighted by Gasteiger charge is -2.17. The molecule has 2 heterocycles. The van der Waals surface area contributed by atoms with Crippen molar-refractivity contribution < 1.29 is 4.74 Å². The first kappa shape index (κ1) is 18.0. The maximum Gasteiger partial charge on any atom is 0.180 e. The van der Waals surface area contributed by atoms with E-state index in [0.29, 0.717) is 11.0 Å². The predicted molar refractivity (Wildman–Crippen MR) is 106 cm³/mol. The van der Waals surface area contributed by atoms with Gasteiger partial charge in [-0.05, 0) is 30.0 Å². The van der Waals surface area contributed by atoms with Crippen molar-refractivity contribution in [2.24, 2.45) is 5.92 Å². The van der Waals surface area contributed by atoms with Crippen molar-refractivity contribution in [3.63, 3.8) is 0 Å². The molecule has 0 saturated heterocycles. The van der Waals surface area contributed by atoms with Crippen LogP contribution in [-0.2, 0) is 12.8 Å². The van der Waals surface area contributed by atoms with Crippen LogP contribution in [0.3, 0.4) is 0 Å². The molecule has 0 radical (unpaired) electrons. The van der Waals surface area contributed by atoms with Crippen LogP contribution < -0.4 is 10.5 Å². The number of hydrogen-bond acceptors (Lipinski definition) is 5. The summed E-state index contributed by atoms with van der Waals surface area (Å²) < 4.78 is 5.72. The van der Waals surface area contributed by atoms with Crippen molar-refractivity contribution in [2.75, 3.05) is 32.0 Å². The minimum absolute atomic E-state index is 0.546. The lowest BCUT2D eigenvalue weighted by Crippen LogP contribution is -2.26. The number of fused-ring (bicyclic) bond motifs is 1. The van der Waals surface area contributed by atoms with E-state index in [9.17, 15) is 0 Å². The molecule has 25 heavy (non-hydrogen) atoms. The maximum atomic E-state index is 5.81. The topological polar surface area (TPSA) is 51.4 Å². The first-order chi connectivity index (χ1) is 12.1. The van der Waals surface area contributed by atoms with E-state index in [2.05, 4.69) is 48.0 Å². The highest BCUT2D eigenvalue weighted by molar-refractivity contribution is 7.15. The third-order valence-corrected chi connectivity index (χ3v) is 5.24. The average Bonchev–Trinajstić information content (AvgIpc) is 2.85. The van der Waals surface area contributed by atoms with Gasteiger partial charge < -0.3 is 10.5 Å². The Morgan fingerprint density at radius 2 is 2.00 bits per heavy atom.